The van der Waals surface area contributed by atoms with Gasteiger partial charge in [-0.1, -0.05) is 11.6 Å². The van der Waals surface area contributed by atoms with Crippen LogP contribution in [0.3, 0.4) is 0 Å². The molecule has 2 aliphatic heterocycles. The first-order valence-electron chi connectivity index (χ1n) is 15.3. The van der Waals surface area contributed by atoms with Crippen molar-refractivity contribution in [1.29, 1.82) is 0 Å². The average molecular weight is 632 g/mol. The molecule has 1 aromatic heterocycles. The van der Waals surface area contributed by atoms with Gasteiger partial charge in [-0.05, 0) is 62.8 Å². The van der Waals surface area contributed by atoms with Crippen molar-refractivity contribution in [2.24, 2.45) is 5.92 Å². The number of nitrogens with one attached hydrogen (secondary N) is 1. The smallest absolute Gasteiger partial charge is 0.375 e. The lowest BCUT2D eigenvalue weighted by Gasteiger charge is -2.34. The van der Waals surface area contributed by atoms with Gasteiger partial charge in [-0.15, -0.1) is 0 Å². The quantitative estimate of drug-likeness (QED) is 0.213. The van der Waals surface area contributed by atoms with E-state index in [-0.39, 0.29) is 60.0 Å². The third-order valence-electron chi connectivity index (χ3n) is 9.14. The van der Waals surface area contributed by atoms with E-state index in [0.717, 1.165) is 16.5 Å². The molecule has 3 atom stereocenters. The number of rotatable bonds is 8. The van der Waals surface area contributed by atoms with Crippen LogP contribution in [0, 0.1) is 5.92 Å². The fourth-order valence-electron chi connectivity index (χ4n) is 6.87. The van der Waals surface area contributed by atoms with Gasteiger partial charge in [0, 0.05) is 41.1 Å². The summed E-state index contributed by atoms with van der Waals surface area (Å²) in [5.74, 6) is -2.22. The van der Waals surface area contributed by atoms with Gasteiger partial charge in [0.1, 0.15) is 29.1 Å². The van der Waals surface area contributed by atoms with E-state index in [2.05, 4.69) is 4.98 Å². The number of fused-ring (bicyclic) bond motifs is 3. The first kappa shape index (κ1) is 31.5. The standard InChI is InChI=1S/C35H37NO10/c1-5-44-34(41)33-23(15-38)27(19-11-20(14-37)29(40)21(12-19)17-6-7-25-18(10-17)8-9-36-25)28-31(43-4)22-13-26(35(2,3)42)45-30(22)24(16-39)32(28)46-33/h6-10,15,20-21,26,36-37,39,42H,5,11-14,16H2,1-4H3. The number of ether oxygens (including phenoxy) is 4. The van der Waals surface area contributed by atoms with Crippen molar-refractivity contribution in [3.63, 3.8) is 0 Å². The molecule has 1 aliphatic carbocycles. The van der Waals surface area contributed by atoms with Crippen LogP contribution in [0.2, 0.25) is 0 Å². The molecule has 11 heteroatoms. The second-order valence-corrected chi connectivity index (χ2v) is 12.4. The van der Waals surface area contributed by atoms with Crippen LogP contribution in [0.4, 0.5) is 0 Å². The molecule has 0 amide bonds. The molecule has 0 radical (unpaired) electrons. The molecule has 3 aromatic rings. The van der Waals surface area contributed by atoms with Gasteiger partial charge >= 0.3 is 5.97 Å². The molecule has 1 fully saturated rings. The Morgan fingerprint density at radius 3 is 2.59 bits per heavy atom. The number of Topliss-reactive ketones (excluding diaryl/α,β-unsaturated/α-hetero) is 1. The number of aromatic amines is 1. The van der Waals surface area contributed by atoms with Crippen molar-refractivity contribution in [3.8, 4) is 17.2 Å². The molecule has 3 aliphatic rings. The van der Waals surface area contributed by atoms with E-state index < -0.39 is 42.7 Å². The second kappa shape index (κ2) is 12.1. The number of benzene rings is 2. The second-order valence-electron chi connectivity index (χ2n) is 12.4. The van der Waals surface area contributed by atoms with Crippen molar-refractivity contribution in [2.45, 2.75) is 64.3 Å². The summed E-state index contributed by atoms with van der Waals surface area (Å²) in [6, 6.07) is 7.60. The van der Waals surface area contributed by atoms with Crippen LogP contribution in [0.5, 0.6) is 17.2 Å². The molecular weight excluding hydrogens is 594 g/mol. The molecule has 0 saturated heterocycles. The maximum Gasteiger partial charge on any atom is 0.375 e. The third-order valence-corrected chi connectivity index (χ3v) is 9.14. The summed E-state index contributed by atoms with van der Waals surface area (Å²) >= 11 is 0. The van der Waals surface area contributed by atoms with Gasteiger partial charge in [-0.2, -0.15) is 0 Å². The van der Waals surface area contributed by atoms with E-state index in [1.807, 2.05) is 30.5 Å². The summed E-state index contributed by atoms with van der Waals surface area (Å²) in [4.78, 5) is 43.1. The predicted octanol–water partition coefficient (Wildman–Crippen LogP) is 3.66. The van der Waals surface area contributed by atoms with Crippen LogP contribution >= 0.6 is 0 Å². The summed E-state index contributed by atoms with van der Waals surface area (Å²) in [5, 5.41) is 32.8. The van der Waals surface area contributed by atoms with Crippen LogP contribution < -0.4 is 14.2 Å². The molecule has 3 unspecified atom stereocenters. The third kappa shape index (κ3) is 5.08. The molecule has 4 N–H and O–H groups in total. The van der Waals surface area contributed by atoms with E-state index in [0.29, 0.717) is 34.3 Å². The van der Waals surface area contributed by atoms with Crippen LogP contribution in [-0.4, -0.2) is 70.4 Å². The monoisotopic (exact) mass is 631 g/mol. The molecule has 11 nitrogen and oxygen atoms in total. The first-order chi connectivity index (χ1) is 22.1. The van der Waals surface area contributed by atoms with Crippen LogP contribution in [-0.2, 0) is 32.1 Å². The molecule has 3 heterocycles. The molecule has 46 heavy (non-hydrogen) atoms. The number of allylic oxidation sites excluding steroid dienone is 3. The average Bonchev–Trinajstić information content (AvgIpc) is 3.70. The number of aromatic nitrogens is 1. The van der Waals surface area contributed by atoms with Gasteiger partial charge in [0.15, 0.2) is 6.29 Å². The first-order valence-corrected chi connectivity index (χ1v) is 15.3. The Labute approximate surface area is 265 Å². The van der Waals surface area contributed by atoms with Crippen molar-refractivity contribution in [2.75, 3.05) is 20.3 Å². The molecule has 0 spiro atoms. The lowest BCUT2D eigenvalue weighted by Crippen LogP contribution is -2.39. The minimum Gasteiger partial charge on any atom is -0.496 e. The summed E-state index contributed by atoms with van der Waals surface area (Å²) in [6.07, 6.45) is 2.16. The van der Waals surface area contributed by atoms with E-state index in [4.69, 9.17) is 18.9 Å². The predicted molar refractivity (Wildman–Crippen MR) is 166 cm³/mol. The van der Waals surface area contributed by atoms with E-state index in [1.54, 1.807) is 20.8 Å². The van der Waals surface area contributed by atoms with Crippen molar-refractivity contribution >= 4 is 34.5 Å². The van der Waals surface area contributed by atoms with Gasteiger partial charge in [0.05, 0.1) is 49.2 Å². The number of aliphatic hydroxyl groups is 3. The van der Waals surface area contributed by atoms with Crippen molar-refractivity contribution < 1.29 is 48.7 Å². The van der Waals surface area contributed by atoms with Crippen LogP contribution in [0.25, 0.3) is 16.5 Å². The Kier molecular flexibility index (Phi) is 8.26. The highest BCUT2D eigenvalue weighted by Gasteiger charge is 2.45. The number of H-pyrrole nitrogens is 1. The van der Waals surface area contributed by atoms with Gasteiger partial charge in [0.25, 0.3) is 0 Å². The van der Waals surface area contributed by atoms with Gasteiger partial charge in [0.2, 0.25) is 5.76 Å². The number of esters is 1. The Hall–Kier alpha value is -4.45. The number of ketones is 1. The number of aliphatic hydroxyl groups excluding tert-OH is 2. The maximum absolute atomic E-state index is 13.8. The number of methoxy groups -OCH3 is 1. The normalized spacial score (nSPS) is 22.7. The van der Waals surface area contributed by atoms with Crippen LogP contribution in [0.15, 0.2) is 47.4 Å². The Bertz CT molecular complexity index is 1810. The largest absolute Gasteiger partial charge is 0.496 e. The van der Waals surface area contributed by atoms with E-state index in [1.165, 1.54) is 7.11 Å². The van der Waals surface area contributed by atoms with Crippen molar-refractivity contribution in [1.82, 2.24) is 4.98 Å². The molecule has 6 rings (SSSR count). The summed E-state index contributed by atoms with van der Waals surface area (Å²) in [5.41, 5.74) is 2.36. The number of carbonyl (C=O) groups excluding carboxylic acids is 3. The van der Waals surface area contributed by atoms with E-state index in [9.17, 15) is 29.7 Å². The molecule has 1 saturated carbocycles. The van der Waals surface area contributed by atoms with Crippen LogP contribution in [0.1, 0.15) is 61.8 Å². The molecule has 242 valence electrons. The zero-order chi connectivity index (χ0) is 32.9. The molecular formula is C35H37NO10. The van der Waals surface area contributed by atoms with Gasteiger partial charge in [-0.3, -0.25) is 9.59 Å². The minimum atomic E-state index is -1.26. The highest BCUT2D eigenvalue weighted by atomic mass is 16.6. The Morgan fingerprint density at radius 1 is 1.15 bits per heavy atom. The number of hydrogen-bond acceptors (Lipinski definition) is 10. The number of carbonyl (C=O) groups is 3. The van der Waals surface area contributed by atoms with Gasteiger partial charge < -0.3 is 39.3 Å². The SMILES string of the molecule is CCOC(=O)C1=C(C=O)C(=C2CC(CO)C(=O)C(c3ccc4[nH]ccc4c3)C2)c2c(OC)c3c(c(CO)c2O1)OC(C(C)(C)O)C3. The highest BCUT2D eigenvalue weighted by Crippen LogP contribution is 2.56. The number of hydrogen-bond donors (Lipinski definition) is 4. The zero-order valence-corrected chi connectivity index (χ0v) is 26.1. The fourth-order valence-corrected chi connectivity index (χ4v) is 6.87. The maximum atomic E-state index is 13.8. The fraction of sp³-hybridized carbons (Fsp3) is 0.400. The molecule has 0 bridgehead atoms. The topological polar surface area (TPSA) is 165 Å². The Balaban J connectivity index is 1.64. The van der Waals surface area contributed by atoms with Crippen molar-refractivity contribution in [3.05, 3.63) is 69.6 Å². The Morgan fingerprint density at radius 2 is 1.93 bits per heavy atom. The summed E-state index contributed by atoms with van der Waals surface area (Å²) < 4.78 is 23.5. The molecule has 2 aromatic carbocycles. The lowest BCUT2D eigenvalue weighted by molar-refractivity contribution is -0.141. The summed E-state index contributed by atoms with van der Waals surface area (Å²) in [7, 11) is 1.45. The lowest BCUT2D eigenvalue weighted by atomic mass is 9.71. The number of aldehydes is 1. The zero-order valence-electron chi connectivity index (χ0n) is 26.1. The van der Waals surface area contributed by atoms with E-state index >= 15 is 0 Å². The van der Waals surface area contributed by atoms with Gasteiger partial charge in [-0.25, -0.2) is 4.79 Å². The summed E-state index contributed by atoms with van der Waals surface area (Å²) in [6.45, 7) is 3.89. The minimum absolute atomic E-state index is 0.0120. The highest BCUT2D eigenvalue weighted by molar-refractivity contribution is 6.11.